The third-order valence-electron chi connectivity index (χ3n) is 3.10. The molecule has 1 N–H and O–H groups in total. The molecular weight excluding hydrogens is 267 g/mol. The molecule has 0 bridgehead atoms. The third kappa shape index (κ3) is 4.73. The zero-order chi connectivity index (χ0) is 15.1. The zero-order valence-electron chi connectivity index (χ0n) is 11.5. The highest BCUT2D eigenvalue weighted by atomic mass is 19.1. The molecule has 0 atom stereocenters. The summed E-state index contributed by atoms with van der Waals surface area (Å²) >= 11 is 0. The van der Waals surface area contributed by atoms with Crippen molar-refractivity contribution in [3.05, 3.63) is 71.0 Å². The lowest BCUT2D eigenvalue weighted by molar-refractivity contribution is -0.121. The van der Waals surface area contributed by atoms with Gasteiger partial charge in [-0.05, 0) is 41.8 Å². The van der Waals surface area contributed by atoms with Gasteiger partial charge in [0.25, 0.3) is 0 Å². The first kappa shape index (κ1) is 14.7. The second-order valence-electron chi connectivity index (χ2n) is 4.72. The highest BCUT2D eigenvalue weighted by molar-refractivity contribution is 5.76. The number of carbonyl (C=O) groups excluding carboxylic acids is 1. The minimum atomic E-state index is -0.277. The Morgan fingerprint density at radius 1 is 1.14 bits per heavy atom. The molecule has 1 amide bonds. The van der Waals surface area contributed by atoms with Crippen LogP contribution < -0.4 is 5.32 Å². The van der Waals surface area contributed by atoms with Crippen molar-refractivity contribution in [3.63, 3.8) is 0 Å². The van der Waals surface area contributed by atoms with E-state index in [0.29, 0.717) is 24.9 Å². The number of nitrogens with one attached hydrogen (secondary N) is 1. The number of hydrogen-bond donors (Lipinski definition) is 1. The molecule has 0 aliphatic heterocycles. The maximum atomic E-state index is 12.8. The van der Waals surface area contributed by atoms with Gasteiger partial charge >= 0.3 is 0 Å². The van der Waals surface area contributed by atoms with E-state index < -0.39 is 0 Å². The predicted octanol–water partition coefficient (Wildman–Crippen LogP) is 2.95. The van der Waals surface area contributed by atoms with Crippen molar-refractivity contribution in [3.8, 4) is 6.07 Å². The van der Waals surface area contributed by atoms with Crippen molar-refractivity contribution in [1.82, 2.24) is 5.32 Å². The first-order chi connectivity index (χ1) is 10.2. The number of benzene rings is 2. The minimum absolute atomic E-state index is 0.0679. The van der Waals surface area contributed by atoms with Crippen molar-refractivity contribution in [1.29, 1.82) is 5.26 Å². The first-order valence-electron chi connectivity index (χ1n) is 6.67. The normalized spacial score (nSPS) is 9.90. The number of carbonyl (C=O) groups is 1. The Morgan fingerprint density at radius 2 is 1.90 bits per heavy atom. The van der Waals surface area contributed by atoms with Crippen molar-refractivity contribution in [2.45, 2.75) is 19.4 Å². The molecule has 0 aliphatic rings. The van der Waals surface area contributed by atoms with E-state index in [4.69, 9.17) is 5.26 Å². The van der Waals surface area contributed by atoms with Crippen molar-refractivity contribution in [2.24, 2.45) is 0 Å². The molecule has 21 heavy (non-hydrogen) atoms. The molecule has 0 fully saturated rings. The summed E-state index contributed by atoms with van der Waals surface area (Å²) in [7, 11) is 0. The summed E-state index contributed by atoms with van der Waals surface area (Å²) < 4.78 is 12.8. The van der Waals surface area contributed by atoms with Crippen LogP contribution in [-0.4, -0.2) is 5.91 Å². The quantitative estimate of drug-likeness (QED) is 0.916. The Morgan fingerprint density at radius 3 is 2.62 bits per heavy atom. The molecule has 0 heterocycles. The van der Waals surface area contributed by atoms with E-state index in [1.807, 2.05) is 6.07 Å². The van der Waals surface area contributed by atoms with Gasteiger partial charge in [0, 0.05) is 13.0 Å². The van der Waals surface area contributed by atoms with Crippen LogP contribution in [0, 0.1) is 17.1 Å². The molecule has 0 unspecified atom stereocenters. The van der Waals surface area contributed by atoms with Crippen LogP contribution in [0.2, 0.25) is 0 Å². The smallest absolute Gasteiger partial charge is 0.220 e. The summed E-state index contributed by atoms with van der Waals surface area (Å²) in [5, 5.41) is 11.6. The van der Waals surface area contributed by atoms with E-state index in [-0.39, 0.29) is 11.7 Å². The number of nitrogens with zero attached hydrogens (tertiary/aromatic N) is 1. The second-order valence-corrected chi connectivity index (χ2v) is 4.72. The van der Waals surface area contributed by atoms with Crippen LogP contribution in [0.15, 0.2) is 48.5 Å². The monoisotopic (exact) mass is 282 g/mol. The van der Waals surface area contributed by atoms with E-state index in [0.717, 1.165) is 11.1 Å². The molecule has 0 aromatic heterocycles. The Kier molecular flexibility index (Phi) is 5.05. The largest absolute Gasteiger partial charge is 0.352 e. The Labute approximate surface area is 123 Å². The fourth-order valence-electron chi connectivity index (χ4n) is 1.95. The van der Waals surface area contributed by atoms with E-state index in [1.54, 1.807) is 30.3 Å². The van der Waals surface area contributed by atoms with Crippen LogP contribution in [0.4, 0.5) is 4.39 Å². The standard InChI is InChI=1S/C17H15FN2O/c18-16-7-4-13(5-8-16)6-9-17(21)20-12-15-3-1-2-14(10-15)11-19/h1-5,7-8,10H,6,9,12H2,(H,20,21). The Bertz CT molecular complexity index is 659. The molecule has 0 saturated carbocycles. The maximum absolute atomic E-state index is 12.8. The summed E-state index contributed by atoms with van der Waals surface area (Å²) in [4.78, 5) is 11.8. The summed E-state index contributed by atoms with van der Waals surface area (Å²) in [5.41, 5.74) is 2.40. The zero-order valence-corrected chi connectivity index (χ0v) is 11.5. The van der Waals surface area contributed by atoms with Crippen molar-refractivity contribution < 1.29 is 9.18 Å². The molecule has 4 heteroatoms. The molecule has 0 radical (unpaired) electrons. The van der Waals surface area contributed by atoms with E-state index >= 15 is 0 Å². The first-order valence-corrected chi connectivity index (χ1v) is 6.67. The van der Waals surface area contributed by atoms with Crippen LogP contribution >= 0.6 is 0 Å². The van der Waals surface area contributed by atoms with Crippen LogP contribution in [0.5, 0.6) is 0 Å². The number of halogens is 1. The molecule has 2 aromatic carbocycles. The highest BCUT2D eigenvalue weighted by Crippen LogP contribution is 2.06. The second kappa shape index (κ2) is 7.20. The molecule has 2 rings (SSSR count). The lowest BCUT2D eigenvalue weighted by Crippen LogP contribution is -2.23. The van der Waals surface area contributed by atoms with Gasteiger partial charge in [0.15, 0.2) is 0 Å². The maximum Gasteiger partial charge on any atom is 0.220 e. The molecule has 3 nitrogen and oxygen atoms in total. The van der Waals surface area contributed by atoms with Gasteiger partial charge < -0.3 is 5.32 Å². The number of hydrogen-bond acceptors (Lipinski definition) is 2. The van der Waals surface area contributed by atoms with Gasteiger partial charge in [-0.3, -0.25) is 4.79 Å². The number of nitriles is 1. The van der Waals surface area contributed by atoms with Gasteiger partial charge in [-0.2, -0.15) is 5.26 Å². The topological polar surface area (TPSA) is 52.9 Å². The van der Waals surface area contributed by atoms with Crippen LogP contribution in [-0.2, 0) is 17.8 Å². The number of aryl methyl sites for hydroxylation is 1. The highest BCUT2D eigenvalue weighted by Gasteiger charge is 2.03. The van der Waals surface area contributed by atoms with Gasteiger partial charge in [-0.25, -0.2) is 4.39 Å². The van der Waals surface area contributed by atoms with Crippen LogP contribution in [0.25, 0.3) is 0 Å². The van der Waals surface area contributed by atoms with Gasteiger partial charge in [0.1, 0.15) is 5.82 Å². The Balaban J connectivity index is 1.79. The van der Waals surface area contributed by atoms with Gasteiger partial charge in [-0.15, -0.1) is 0 Å². The minimum Gasteiger partial charge on any atom is -0.352 e. The summed E-state index contributed by atoms with van der Waals surface area (Å²) in [6.45, 7) is 0.401. The number of rotatable bonds is 5. The number of amides is 1. The molecule has 0 spiro atoms. The van der Waals surface area contributed by atoms with Crippen LogP contribution in [0.1, 0.15) is 23.1 Å². The summed E-state index contributed by atoms with van der Waals surface area (Å²) in [5.74, 6) is -0.345. The van der Waals surface area contributed by atoms with Gasteiger partial charge in [0.2, 0.25) is 5.91 Å². The molecule has 0 aliphatic carbocycles. The van der Waals surface area contributed by atoms with Crippen molar-refractivity contribution in [2.75, 3.05) is 0 Å². The predicted molar refractivity (Wildman–Crippen MR) is 77.7 cm³/mol. The molecule has 2 aromatic rings. The van der Waals surface area contributed by atoms with Crippen LogP contribution in [0.3, 0.4) is 0 Å². The van der Waals surface area contributed by atoms with Gasteiger partial charge in [0.05, 0.1) is 11.6 Å². The molecule has 106 valence electrons. The van der Waals surface area contributed by atoms with E-state index in [1.165, 1.54) is 12.1 Å². The summed E-state index contributed by atoms with van der Waals surface area (Å²) in [6.07, 6.45) is 0.925. The average Bonchev–Trinajstić information content (AvgIpc) is 2.52. The van der Waals surface area contributed by atoms with E-state index in [9.17, 15) is 9.18 Å². The lowest BCUT2D eigenvalue weighted by Gasteiger charge is -2.06. The molecular formula is C17H15FN2O. The average molecular weight is 282 g/mol. The fraction of sp³-hybridized carbons (Fsp3) is 0.176. The summed E-state index contributed by atoms with van der Waals surface area (Å²) in [6, 6.07) is 15.3. The van der Waals surface area contributed by atoms with E-state index in [2.05, 4.69) is 11.4 Å². The molecule has 0 saturated heterocycles. The van der Waals surface area contributed by atoms with Crippen molar-refractivity contribution >= 4 is 5.91 Å². The van der Waals surface area contributed by atoms with Gasteiger partial charge in [-0.1, -0.05) is 24.3 Å². The SMILES string of the molecule is N#Cc1cccc(CNC(=O)CCc2ccc(F)cc2)c1. The Hall–Kier alpha value is -2.67. The lowest BCUT2D eigenvalue weighted by atomic mass is 10.1. The third-order valence-corrected chi connectivity index (χ3v) is 3.10. The fourth-order valence-corrected chi connectivity index (χ4v) is 1.95.